The van der Waals surface area contributed by atoms with Crippen molar-refractivity contribution in [2.45, 2.75) is 119 Å². The summed E-state index contributed by atoms with van der Waals surface area (Å²) in [5.74, 6) is 3.44. The van der Waals surface area contributed by atoms with Crippen molar-refractivity contribution in [1.82, 2.24) is 65.5 Å². The zero-order chi connectivity index (χ0) is 50.0. The summed E-state index contributed by atoms with van der Waals surface area (Å²) in [4.78, 5) is 42.9. The number of hydrogen-bond acceptors (Lipinski definition) is 16. The molecule has 1 amide bonds. The summed E-state index contributed by atoms with van der Waals surface area (Å²) < 4.78 is 16.2. The molecule has 19 nitrogen and oxygen atoms in total. The van der Waals surface area contributed by atoms with Gasteiger partial charge in [0.2, 0.25) is 11.9 Å². The van der Waals surface area contributed by atoms with Gasteiger partial charge in [0.05, 0.1) is 56.7 Å². The summed E-state index contributed by atoms with van der Waals surface area (Å²) in [6.45, 7) is 16.7. The molecule has 0 radical (unpaired) electrons. The molecule has 1 saturated carbocycles. The van der Waals surface area contributed by atoms with Crippen LogP contribution >= 0.6 is 0 Å². The zero-order valence-corrected chi connectivity index (χ0v) is 41.9. The topological polar surface area (TPSA) is 240 Å². The number of carbonyl (C=O) groups excluding carboxylic acids is 1. The largest absolute Gasteiger partial charge is 0.445 e. The Balaban J connectivity index is 0.000000172. The summed E-state index contributed by atoms with van der Waals surface area (Å²) in [5, 5.41) is 32.0. The minimum atomic E-state index is -0.314. The summed E-state index contributed by atoms with van der Waals surface area (Å²) in [5.41, 5.74) is 12.2. The Morgan fingerprint density at radius 2 is 1.17 bits per heavy atom. The number of nitrogens with one attached hydrogen (secondary N) is 4. The van der Waals surface area contributed by atoms with Crippen LogP contribution in [-0.2, 0) is 11.3 Å². The molecule has 9 heterocycles. The van der Waals surface area contributed by atoms with Crippen molar-refractivity contribution < 1.29 is 18.6 Å². The predicted octanol–water partition coefficient (Wildman–Crippen LogP) is 10.6. The highest BCUT2D eigenvalue weighted by atomic mass is 16.6. The fourth-order valence-corrected chi connectivity index (χ4v) is 9.71. The van der Waals surface area contributed by atoms with Crippen molar-refractivity contribution in [2.75, 3.05) is 17.2 Å². The molecule has 1 saturated heterocycles. The van der Waals surface area contributed by atoms with Crippen LogP contribution in [0.3, 0.4) is 0 Å². The molecule has 11 rings (SSSR count). The van der Waals surface area contributed by atoms with Gasteiger partial charge in [0.15, 0.2) is 11.3 Å². The van der Waals surface area contributed by atoms with E-state index in [0.717, 1.165) is 122 Å². The van der Waals surface area contributed by atoms with E-state index in [1.165, 1.54) is 12.8 Å². The van der Waals surface area contributed by atoms with Gasteiger partial charge < -0.3 is 29.3 Å². The maximum atomic E-state index is 12.9. The highest BCUT2D eigenvalue weighted by molar-refractivity contribution is 5.93. The average molecular weight is 970 g/mol. The third-order valence-corrected chi connectivity index (χ3v) is 13.8. The number of carbonyl (C=O) groups is 1. The molecule has 8 aromatic heterocycles. The number of likely N-dealkylation sites (tertiary alicyclic amines) is 1. The van der Waals surface area contributed by atoms with Crippen molar-refractivity contribution in [2.24, 2.45) is 5.92 Å². The lowest BCUT2D eigenvalue weighted by atomic mass is 9.87. The Hall–Kier alpha value is -8.09. The number of piperidine rings is 1. The Kier molecular flexibility index (Phi) is 13.4. The van der Waals surface area contributed by atoms with Crippen molar-refractivity contribution in [3.05, 3.63) is 107 Å². The van der Waals surface area contributed by atoms with Crippen LogP contribution < -0.4 is 10.6 Å². The van der Waals surface area contributed by atoms with E-state index >= 15 is 0 Å². The highest BCUT2D eigenvalue weighted by Crippen LogP contribution is 2.34. The molecule has 4 N–H and O–H groups in total. The maximum Gasteiger partial charge on any atom is 0.410 e. The zero-order valence-electron chi connectivity index (χ0n) is 41.9. The lowest BCUT2D eigenvalue weighted by Gasteiger charge is -2.37. The number of amides is 1. The smallest absolute Gasteiger partial charge is 0.410 e. The van der Waals surface area contributed by atoms with Crippen LogP contribution in [0.1, 0.15) is 92.0 Å². The van der Waals surface area contributed by atoms with Crippen LogP contribution in [0.2, 0.25) is 0 Å². The average Bonchev–Trinajstić information content (AvgIpc) is 4.18. The first-order chi connectivity index (χ1) is 34.9. The van der Waals surface area contributed by atoms with Crippen LogP contribution in [0.15, 0.2) is 76.0 Å². The van der Waals surface area contributed by atoms with Gasteiger partial charge in [-0.1, -0.05) is 47.6 Å². The molecule has 2 aliphatic rings. The minimum Gasteiger partial charge on any atom is -0.445 e. The van der Waals surface area contributed by atoms with Crippen molar-refractivity contribution >= 4 is 40.1 Å². The van der Waals surface area contributed by atoms with E-state index in [1.807, 2.05) is 102 Å². The van der Waals surface area contributed by atoms with Crippen LogP contribution in [0.4, 0.5) is 16.7 Å². The molecule has 2 fully saturated rings. The van der Waals surface area contributed by atoms with Crippen LogP contribution in [0, 0.1) is 47.5 Å². The molecule has 2 atom stereocenters. The second kappa shape index (κ2) is 20.3. The van der Waals surface area contributed by atoms with Crippen LogP contribution in [0.25, 0.3) is 67.4 Å². The van der Waals surface area contributed by atoms with Gasteiger partial charge in [-0.15, -0.1) is 0 Å². The molecule has 370 valence electrons. The number of nitrogens with zero attached hydrogens (tertiary/aromatic N) is 11. The SMILES string of the molecule is Cc1cnc(NC2CCC(C)CC2)nc1-c1[nH]nc2nc(-c3c(C)noc3C)ccc12.Cc1cnc(N[C@@H]2CC[C@@H](C)N(C(=O)OCc3ccccc3)C2)nc1-c1[nH]nc2nc(-c3c(C)noc3C)ccc12. The Labute approximate surface area is 416 Å². The third-order valence-electron chi connectivity index (χ3n) is 13.8. The number of aryl methyl sites for hydroxylation is 6. The van der Waals surface area contributed by atoms with E-state index in [-0.39, 0.29) is 24.8 Å². The second-order valence-corrected chi connectivity index (χ2v) is 19.2. The molecule has 0 spiro atoms. The lowest BCUT2D eigenvalue weighted by Crippen LogP contribution is -2.50. The molecular formula is C53H59N15O4. The molecule has 1 aliphatic carbocycles. The third kappa shape index (κ3) is 9.95. The van der Waals surface area contributed by atoms with Gasteiger partial charge >= 0.3 is 6.09 Å². The number of anilines is 2. The fourth-order valence-electron chi connectivity index (χ4n) is 9.71. The van der Waals surface area contributed by atoms with E-state index in [0.29, 0.717) is 41.5 Å². The van der Waals surface area contributed by atoms with E-state index in [4.69, 9.17) is 33.7 Å². The number of ether oxygens (including phenoxy) is 1. The van der Waals surface area contributed by atoms with Crippen LogP contribution in [-0.4, -0.2) is 96.3 Å². The first-order valence-corrected chi connectivity index (χ1v) is 24.6. The number of benzene rings is 1. The molecule has 0 bridgehead atoms. The van der Waals surface area contributed by atoms with Crippen molar-refractivity contribution in [1.29, 1.82) is 0 Å². The van der Waals surface area contributed by atoms with Gasteiger partial charge in [-0.25, -0.2) is 34.7 Å². The Morgan fingerprint density at radius 1 is 0.653 bits per heavy atom. The standard InChI is InChI=1S/C30H32N8O3.C23H27N7O/c1-17-14-31-29(32-22-11-10-18(2)38(15-22)30(39)40-16-21-8-6-5-7-9-21)34-26(17)27-23-12-13-24(33-28(23)36-35-27)25-19(3)37-41-20(25)4;1-12-5-7-16(8-6-12)25-23-24-11-13(2)20(27-23)21-17-9-10-18(26-22(17)29-28-21)19-14(3)30-31-15(19)4/h5-9,12-14,18,22H,10-11,15-16H2,1-4H3,(H,31,32,34)(H,33,35,36);9-12,16H,5-8H2,1-4H3,(H,24,25,27)(H,26,28,29)/t18-,22-;/m1./s1. The minimum absolute atomic E-state index is 0.0104. The van der Waals surface area contributed by atoms with E-state index in [9.17, 15) is 4.79 Å². The van der Waals surface area contributed by atoms with E-state index in [1.54, 1.807) is 11.1 Å². The number of rotatable bonds is 10. The summed E-state index contributed by atoms with van der Waals surface area (Å²) >= 11 is 0. The van der Waals surface area contributed by atoms with Crippen molar-refractivity contribution in [3.8, 4) is 45.3 Å². The number of pyridine rings is 2. The number of aromatic nitrogens is 12. The van der Waals surface area contributed by atoms with Gasteiger partial charge in [0.1, 0.15) is 18.1 Å². The molecule has 72 heavy (non-hydrogen) atoms. The Morgan fingerprint density at radius 3 is 1.68 bits per heavy atom. The lowest BCUT2D eigenvalue weighted by molar-refractivity contribution is 0.0695. The maximum absolute atomic E-state index is 12.9. The first kappa shape index (κ1) is 47.6. The van der Waals surface area contributed by atoms with E-state index < -0.39 is 0 Å². The molecule has 1 aliphatic heterocycles. The van der Waals surface area contributed by atoms with Gasteiger partial charge in [-0.05, 0) is 134 Å². The predicted molar refractivity (Wildman–Crippen MR) is 274 cm³/mol. The number of hydrogen-bond donors (Lipinski definition) is 4. The molecular weight excluding hydrogens is 911 g/mol. The molecule has 19 heteroatoms. The number of aromatic amines is 2. The van der Waals surface area contributed by atoms with Gasteiger partial charge in [0, 0.05) is 47.8 Å². The monoisotopic (exact) mass is 969 g/mol. The molecule has 0 unspecified atom stereocenters. The molecule has 1 aromatic carbocycles. The molecule has 9 aromatic rings. The normalized spacial score (nSPS) is 18.0. The van der Waals surface area contributed by atoms with Crippen molar-refractivity contribution in [3.63, 3.8) is 0 Å². The van der Waals surface area contributed by atoms with Gasteiger partial charge in [0.25, 0.3) is 0 Å². The summed E-state index contributed by atoms with van der Waals surface area (Å²) in [7, 11) is 0. The van der Waals surface area contributed by atoms with Gasteiger partial charge in [-0.2, -0.15) is 10.2 Å². The van der Waals surface area contributed by atoms with E-state index in [2.05, 4.69) is 65.2 Å². The fraction of sp³-hybridized carbons (Fsp3) is 0.377. The summed E-state index contributed by atoms with van der Waals surface area (Å²) in [6.07, 6.45) is 9.91. The van der Waals surface area contributed by atoms with Crippen LogP contribution in [0.5, 0.6) is 0 Å². The first-order valence-electron chi connectivity index (χ1n) is 24.6. The number of fused-ring (bicyclic) bond motifs is 2. The number of H-pyrrole nitrogens is 2. The Bertz CT molecular complexity index is 3330. The second-order valence-electron chi connectivity index (χ2n) is 19.2. The van der Waals surface area contributed by atoms with Gasteiger partial charge in [-0.3, -0.25) is 10.2 Å². The highest BCUT2D eigenvalue weighted by Gasteiger charge is 2.31. The summed E-state index contributed by atoms with van der Waals surface area (Å²) in [6, 6.07) is 18.1. The quantitative estimate of drug-likeness (QED) is 0.0996.